The van der Waals surface area contributed by atoms with Gasteiger partial charge in [0.15, 0.2) is 11.6 Å². The van der Waals surface area contributed by atoms with E-state index < -0.39 is 18.0 Å². The molecule has 0 aliphatic carbocycles. The number of benzene rings is 2. The minimum atomic E-state index is -0.511. The Morgan fingerprint density at radius 2 is 1.89 bits per heavy atom. The molecule has 27 heavy (non-hydrogen) atoms. The summed E-state index contributed by atoms with van der Waals surface area (Å²) < 4.78 is 25.1. The van der Waals surface area contributed by atoms with Crippen LogP contribution in [0.5, 0.6) is 5.75 Å². The maximum Gasteiger partial charge on any atom is 0.249 e. The summed E-state index contributed by atoms with van der Waals surface area (Å²) in [6, 6.07) is 15.2. The van der Waals surface area contributed by atoms with Gasteiger partial charge in [0.05, 0.1) is 12.1 Å². The molecule has 2 aromatic carbocycles. The molecule has 5 nitrogen and oxygen atoms in total. The molecule has 1 aliphatic rings. The third-order valence-corrected chi connectivity index (χ3v) is 4.42. The highest BCUT2D eigenvalue weighted by molar-refractivity contribution is 5.85. The van der Waals surface area contributed by atoms with Crippen molar-refractivity contribution < 1.29 is 18.7 Å². The molecular formula is C20H24ClFN2O3. The van der Waals surface area contributed by atoms with E-state index in [1.165, 1.54) is 6.07 Å². The summed E-state index contributed by atoms with van der Waals surface area (Å²) >= 11 is 0. The van der Waals surface area contributed by atoms with Crippen molar-refractivity contribution in [2.24, 2.45) is 5.73 Å². The minimum Gasteiger partial charge on any atom is -0.488 e. The second-order valence-corrected chi connectivity index (χ2v) is 6.27. The van der Waals surface area contributed by atoms with Crippen LogP contribution in [0.15, 0.2) is 54.6 Å². The first-order valence-electron chi connectivity index (χ1n) is 8.75. The number of carbonyl (C=O) groups is 1. The Bertz CT molecular complexity index is 732. The Kier molecular flexibility index (Phi) is 8.03. The summed E-state index contributed by atoms with van der Waals surface area (Å²) in [5, 5.41) is 2.96. The average Bonchev–Trinajstić information content (AvgIpc) is 3.16. The van der Waals surface area contributed by atoms with E-state index in [-0.39, 0.29) is 36.8 Å². The summed E-state index contributed by atoms with van der Waals surface area (Å²) in [5.74, 6) is -0.481. The van der Waals surface area contributed by atoms with Crippen LogP contribution in [0.2, 0.25) is 0 Å². The van der Waals surface area contributed by atoms with Crippen molar-refractivity contribution in [1.29, 1.82) is 0 Å². The maximum atomic E-state index is 13.8. The van der Waals surface area contributed by atoms with E-state index in [1.807, 2.05) is 30.3 Å². The molecule has 146 valence electrons. The normalized spacial score (nSPS) is 19.8. The van der Waals surface area contributed by atoms with E-state index in [1.54, 1.807) is 18.2 Å². The van der Waals surface area contributed by atoms with E-state index >= 15 is 0 Å². The van der Waals surface area contributed by atoms with Crippen molar-refractivity contribution in [3.05, 3.63) is 66.0 Å². The summed E-state index contributed by atoms with van der Waals surface area (Å²) in [6.45, 7) is 0.520. The summed E-state index contributed by atoms with van der Waals surface area (Å²) in [7, 11) is 0. The lowest BCUT2D eigenvalue weighted by Gasteiger charge is -2.22. The number of ether oxygens (including phenoxy) is 2. The number of nitrogens with one attached hydrogen (secondary N) is 1. The largest absolute Gasteiger partial charge is 0.488 e. The van der Waals surface area contributed by atoms with E-state index in [2.05, 4.69) is 5.32 Å². The lowest BCUT2D eigenvalue weighted by molar-refractivity contribution is -0.132. The topological polar surface area (TPSA) is 73.6 Å². The molecule has 1 amide bonds. The van der Waals surface area contributed by atoms with E-state index in [0.717, 1.165) is 12.0 Å². The van der Waals surface area contributed by atoms with Crippen molar-refractivity contribution in [1.82, 2.24) is 5.32 Å². The predicted octanol–water partition coefficient (Wildman–Crippen LogP) is 2.99. The van der Waals surface area contributed by atoms with Gasteiger partial charge in [-0.25, -0.2) is 4.39 Å². The molecular weight excluding hydrogens is 371 g/mol. The van der Waals surface area contributed by atoms with Crippen LogP contribution in [0.3, 0.4) is 0 Å². The van der Waals surface area contributed by atoms with Crippen LogP contribution in [0, 0.1) is 5.82 Å². The van der Waals surface area contributed by atoms with Gasteiger partial charge in [0.2, 0.25) is 5.91 Å². The van der Waals surface area contributed by atoms with E-state index in [9.17, 15) is 9.18 Å². The summed E-state index contributed by atoms with van der Waals surface area (Å²) in [5.41, 5.74) is 6.48. The zero-order valence-corrected chi connectivity index (χ0v) is 15.7. The van der Waals surface area contributed by atoms with Gasteiger partial charge in [-0.05, 0) is 30.5 Å². The van der Waals surface area contributed by atoms with Crippen LogP contribution in [-0.4, -0.2) is 31.3 Å². The Labute approximate surface area is 164 Å². The Morgan fingerprint density at radius 1 is 1.19 bits per heavy atom. The lowest BCUT2D eigenvalue weighted by Crippen LogP contribution is -2.39. The smallest absolute Gasteiger partial charge is 0.249 e. The third kappa shape index (κ3) is 5.66. The molecule has 7 heteroatoms. The van der Waals surface area contributed by atoms with Gasteiger partial charge in [-0.1, -0.05) is 42.5 Å². The summed E-state index contributed by atoms with van der Waals surface area (Å²) in [6.07, 6.45) is 0.832. The Balaban J connectivity index is 0.00000261. The molecule has 3 rings (SSSR count). The van der Waals surface area contributed by atoms with Crippen molar-refractivity contribution in [3.8, 4) is 5.75 Å². The molecule has 0 spiro atoms. The number of hydrogen-bond acceptors (Lipinski definition) is 4. The van der Waals surface area contributed by atoms with Crippen LogP contribution >= 0.6 is 12.4 Å². The molecule has 0 aromatic heterocycles. The molecule has 0 radical (unpaired) electrons. The predicted molar refractivity (Wildman–Crippen MR) is 103 cm³/mol. The van der Waals surface area contributed by atoms with Crippen molar-refractivity contribution in [2.45, 2.75) is 31.1 Å². The molecule has 1 heterocycles. The van der Waals surface area contributed by atoms with Crippen LogP contribution in [0.25, 0.3) is 0 Å². The van der Waals surface area contributed by atoms with Gasteiger partial charge in [-0.2, -0.15) is 0 Å². The highest BCUT2D eigenvalue weighted by Gasteiger charge is 2.31. The fraction of sp³-hybridized carbons (Fsp3) is 0.350. The van der Waals surface area contributed by atoms with Crippen LogP contribution < -0.4 is 15.8 Å². The zero-order valence-electron chi connectivity index (χ0n) is 14.8. The second kappa shape index (κ2) is 10.3. The molecule has 0 bridgehead atoms. The summed E-state index contributed by atoms with van der Waals surface area (Å²) in [4.78, 5) is 12.6. The van der Waals surface area contributed by atoms with Gasteiger partial charge < -0.3 is 20.5 Å². The number of rotatable bonds is 7. The molecule has 1 fully saturated rings. The van der Waals surface area contributed by atoms with Gasteiger partial charge in [-0.3, -0.25) is 4.79 Å². The highest BCUT2D eigenvalue weighted by atomic mass is 35.5. The number of halogens is 2. The number of carbonyl (C=O) groups excluding carboxylic acids is 1. The molecule has 0 saturated carbocycles. The first-order valence-corrected chi connectivity index (χ1v) is 8.75. The van der Waals surface area contributed by atoms with Crippen LogP contribution in [-0.2, 0) is 9.53 Å². The van der Waals surface area contributed by atoms with E-state index in [4.69, 9.17) is 15.2 Å². The Morgan fingerprint density at radius 3 is 2.56 bits per heavy atom. The second-order valence-electron chi connectivity index (χ2n) is 6.27. The lowest BCUT2D eigenvalue weighted by atomic mass is 10.1. The van der Waals surface area contributed by atoms with Crippen molar-refractivity contribution in [2.75, 3.05) is 13.2 Å². The monoisotopic (exact) mass is 394 g/mol. The Hall–Kier alpha value is -2.15. The number of para-hydroxylation sites is 1. The fourth-order valence-corrected chi connectivity index (χ4v) is 2.98. The van der Waals surface area contributed by atoms with Gasteiger partial charge in [-0.15, -0.1) is 12.4 Å². The molecule has 1 unspecified atom stereocenters. The molecule has 3 N–H and O–H groups in total. The maximum absolute atomic E-state index is 13.8. The number of nitrogens with two attached hydrogens (primary N) is 1. The van der Waals surface area contributed by atoms with Gasteiger partial charge in [0, 0.05) is 6.54 Å². The third-order valence-electron chi connectivity index (χ3n) is 4.42. The first-order chi connectivity index (χ1) is 12.7. The highest BCUT2D eigenvalue weighted by Crippen LogP contribution is 2.22. The van der Waals surface area contributed by atoms with Gasteiger partial charge >= 0.3 is 0 Å². The fourth-order valence-electron chi connectivity index (χ4n) is 2.98. The standard InChI is InChI=1S/C20H23FN2O3.ClH/c21-16-8-4-5-9-18(16)25-13-17(14-6-2-1-3-7-14)23-20(24)19-11-10-15(12-22)26-19;/h1-9,15,17,19H,10-13,22H2,(H,23,24);1H/t15-,17?,19+;/m1./s1. The van der Waals surface area contributed by atoms with Crippen molar-refractivity contribution in [3.63, 3.8) is 0 Å². The van der Waals surface area contributed by atoms with Crippen LogP contribution in [0.4, 0.5) is 4.39 Å². The van der Waals surface area contributed by atoms with Gasteiger partial charge in [0.1, 0.15) is 12.7 Å². The molecule has 1 aliphatic heterocycles. The van der Waals surface area contributed by atoms with E-state index in [0.29, 0.717) is 13.0 Å². The average molecular weight is 395 g/mol. The number of hydrogen-bond donors (Lipinski definition) is 2. The quantitative estimate of drug-likeness (QED) is 0.757. The minimum absolute atomic E-state index is 0. The molecule has 3 atom stereocenters. The SMILES string of the molecule is Cl.NC[C@H]1CC[C@@H](C(=O)NC(COc2ccccc2F)c2ccccc2)O1. The zero-order chi connectivity index (χ0) is 18.4. The van der Waals surface area contributed by atoms with Crippen LogP contribution in [0.1, 0.15) is 24.4 Å². The molecule has 1 saturated heterocycles. The first kappa shape index (κ1) is 21.2. The molecule has 2 aromatic rings. The van der Waals surface area contributed by atoms with Gasteiger partial charge in [0.25, 0.3) is 0 Å². The number of amides is 1. The van der Waals surface area contributed by atoms with Crippen molar-refractivity contribution >= 4 is 18.3 Å².